The van der Waals surface area contributed by atoms with Crippen LogP contribution < -0.4 is 4.74 Å². The maximum Gasteiger partial charge on any atom is 0.341 e. The fraction of sp³-hybridized carbons (Fsp3) is 0.562. The fourth-order valence-corrected chi connectivity index (χ4v) is 2.94. The molecule has 2 rings (SSSR count). The largest absolute Gasteiger partial charge is 0.497 e. The van der Waals surface area contributed by atoms with E-state index in [4.69, 9.17) is 14.2 Å². The van der Waals surface area contributed by atoms with Crippen LogP contribution in [0.4, 0.5) is 0 Å². The van der Waals surface area contributed by atoms with Gasteiger partial charge in [0.1, 0.15) is 11.4 Å². The molecule has 1 fully saturated rings. The molecule has 1 saturated heterocycles. The first-order valence-electron chi connectivity index (χ1n) is 7.12. The smallest absolute Gasteiger partial charge is 0.341 e. The van der Waals surface area contributed by atoms with Gasteiger partial charge < -0.3 is 14.2 Å². The van der Waals surface area contributed by atoms with E-state index in [2.05, 4.69) is 0 Å². The number of hydrogen-bond donors (Lipinski definition) is 0. The Morgan fingerprint density at radius 2 is 1.80 bits per heavy atom. The maximum absolute atomic E-state index is 12.3. The van der Waals surface area contributed by atoms with Crippen LogP contribution in [0.25, 0.3) is 0 Å². The number of epoxide rings is 1. The van der Waals surface area contributed by atoms with E-state index in [0.29, 0.717) is 13.0 Å². The van der Waals surface area contributed by atoms with Gasteiger partial charge in [-0.2, -0.15) is 0 Å². The third-order valence-corrected chi connectivity index (χ3v) is 4.12. The number of carbonyl (C=O) groups is 1. The van der Waals surface area contributed by atoms with Gasteiger partial charge in [0, 0.05) is 0 Å². The van der Waals surface area contributed by atoms with Gasteiger partial charge in [-0.15, -0.1) is 0 Å². The summed E-state index contributed by atoms with van der Waals surface area (Å²) in [5.74, 6) is 0.527. The van der Waals surface area contributed by atoms with Gasteiger partial charge in [0.15, 0.2) is 5.60 Å². The highest BCUT2D eigenvalue weighted by Crippen LogP contribution is 2.60. The summed E-state index contributed by atoms with van der Waals surface area (Å²) < 4.78 is 16.3. The van der Waals surface area contributed by atoms with E-state index < -0.39 is 11.2 Å². The summed E-state index contributed by atoms with van der Waals surface area (Å²) in [6, 6.07) is 7.69. The topological polar surface area (TPSA) is 48.1 Å². The minimum Gasteiger partial charge on any atom is -0.497 e. The zero-order chi connectivity index (χ0) is 14.8. The predicted molar refractivity (Wildman–Crippen MR) is 75.7 cm³/mol. The number of methoxy groups -OCH3 is 1. The Hall–Kier alpha value is -1.55. The van der Waals surface area contributed by atoms with Crippen LogP contribution in [0, 0.1) is 0 Å². The van der Waals surface area contributed by atoms with E-state index in [1.54, 1.807) is 7.11 Å². The summed E-state index contributed by atoms with van der Waals surface area (Å²) in [6.45, 7) is 6.16. The maximum atomic E-state index is 12.3. The molecule has 0 aliphatic carbocycles. The first kappa shape index (κ1) is 14.9. The molecule has 20 heavy (non-hydrogen) atoms. The van der Waals surface area contributed by atoms with Crippen molar-refractivity contribution in [1.29, 1.82) is 0 Å². The van der Waals surface area contributed by atoms with Gasteiger partial charge in [0.25, 0.3) is 0 Å². The minimum atomic E-state index is -0.841. The molecule has 1 aromatic carbocycles. The van der Waals surface area contributed by atoms with Gasteiger partial charge in [0.2, 0.25) is 0 Å². The first-order chi connectivity index (χ1) is 9.60. The summed E-state index contributed by atoms with van der Waals surface area (Å²) in [5, 5.41) is 0. The van der Waals surface area contributed by atoms with Gasteiger partial charge >= 0.3 is 5.97 Å². The number of hydrogen-bond acceptors (Lipinski definition) is 4. The molecule has 0 amide bonds. The predicted octanol–water partition coefficient (Wildman–Crippen LogP) is 3.04. The summed E-state index contributed by atoms with van der Waals surface area (Å²) >= 11 is 0. The van der Waals surface area contributed by atoms with Gasteiger partial charge in [-0.3, -0.25) is 0 Å². The second kappa shape index (κ2) is 5.44. The highest BCUT2D eigenvalue weighted by atomic mass is 16.7. The number of benzene rings is 1. The van der Waals surface area contributed by atoms with E-state index in [1.165, 1.54) is 0 Å². The van der Waals surface area contributed by atoms with Gasteiger partial charge in [0.05, 0.1) is 13.7 Å². The standard InChI is InChI=1S/C16H22O4/c1-5-15(12-8-10-13(18-4)11-9-12)16(6-2,20-15)14(17)19-7-3/h8-11H,5-7H2,1-4H3. The first-order valence-corrected chi connectivity index (χ1v) is 7.12. The number of esters is 1. The molecule has 0 bridgehead atoms. The average Bonchev–Trinajstić information content (AvgIpc) is 3.19. The highest BCUT2D eigenvalue weighted by molar-refractivity contribution is 5.85. The summed E-state index contributed by atoms with van der Waals surface area (Å²) in [5.41, 5.74) is -0.414. The summed E-state index contributed by atoms with van der Waals surface area (Å²) in [4.78, 5) is 12.3. The molecule has 0 N–H and O–H groups in total. The molecular weight excluding hydrogens is 256 g/mol. The number of ether oxygens (including phenoxy) is 3. The zero-order valence-corrected chi connectivity index (χ0v) is 12.6. The van der Waals surface area contributed by atoms with Crippen molar-refractivity contribution in [3.8, 4) is 5.75 Å². The van der Waals surface area contributed by atoms with Crippen molar-refractivity contribution >= 4 is 5.97 Å². The zero-order valence-electron chi connectivity index (χ0n) is 12.6. The van der Waals surface area contributed by atoms with Crippen LogP contribution in [-0.2, 0) is 19.9 Å². The van der Waals surface area contributed by atoms with Gasteiger partial charge in [-0.25, -0.2) is 4.79 Å². The Labute approximate surface area is 120 Å². The van der Waals surface area contributed by atoms with Crippen LogP contribution in [0.2, 0.25) is 0 Å². The lowest BCUT2D eigenvalue weighted by atomic mass is 9.82. The average molecular weight is 278 g/mol. The van der Waals surface area contributed by atoms with Crippen LogP contribution in [0.1, 0.15) is 39.2 Å². The fourth-order valence-electron chi connectivity index (χ4n) is 2.94. The Morgan fingerprint density at radius 3 is 2.25 bits per heavy atom. The molecular formula is C16H22O4. The Bertz CT molecular complexity index is 482. The monoisotopic (exact) mass is 278 g/mol. The molecule has 2 unspecified atom stereocenters. The van der Waals surface area contributed by atoms with E-state index in [-0.39, 0.29) is 5.97 Å². The molecule has 4 heteroatoms. The molecule has 1 heterocycles. The van der Waals surface area contributed by atoms with Crippen molar-refractivity contribution in [1.82, 2.24) is 0 Å². The molecule has 2 atom stereocenters. The van der Waals surface area contributed by atoms with Gasteiger partial charge in [-0.1, -0.05) is 26.0 Å². The molecule has 110 valence electrons. The van der Waals surface area contributed by atoms with Gasteiger partial charge in [-0.05, 0) is 37.5 Å². The lowest BCUT2D eigenvalue weighted by molar-refractivity contribution is -0.149. The number of carbonyl (C=O) groups excluding carboxylic acids is 1. The summed E-state index contributed by atoms with van der Waals surface area (Å²) in [6.07, 6.45) is 1.33. The minimum absolute atomic E-state index is 0.264. The SMILES string of the molecule is CCOC(=O)C1(CC)OC1(CC)c1ccc(OC)cc1. The molecule has 4 nitrogen and oxygen atoms in total. The van der Waals surface area contributed by atoms with Crippen LogP contribution in [0.5, 0.6) is 5.75 Å². The Morgan fingerprint density at radius 1 is 1.15 bits per heavy atom. The Kier molecular flexibility index (Phi) is 4.04. The molecule has 0 spiro atoms. The van der Waals surface area contributed by atoms with Crippen LogP contribution in [-0.4, -0.2) is 25.3 Å². The lowest BCUT2D eigenvalue weighted by Gasteiger charge is -2.17. The lowest BCUT2D eigenvalue weighted by Crippen LogP contribution is -2.34. The number of rotatable bonds is 6. The normalized spacial score (nSPS) is 28.0. The van der Waals surface area contributed by atoms with Crippen molar-refractivity contribution in [2.24, 2.45) is 0 Å². The van der Waals surface area contributed by atoms with E-state index in [1.807, 2.05) is 45.0 Å². The second-order valence-electron chi connectivity index (χ2n) is 4.91. The molecule has 0 saturated carbocycles. The third-order valence-electron chi connectivity index (χ3n) is 4.12. The molecule has 1 aliphatic heterocycles. The van der Waals surface area contributed by atoms with Crippen LogP contribution >= 0.6 is 0 Å². The van der Waals surface area contributed by atoms with Crippen molar-refractivity contribution < 1.29 is 19.0 Å². The van der Waals surface area contributed by atoms with Crippen LogP contribution in [0.3, 0.4) is 0 Å². The van der Waals surface area contributed by atoms with Crippen molar-refractivity contribution in [2.75, 3.05) is 13.7 Å². The van der Waals surface area contributed by atoms with E-state index >= 15 is 0 Å². The quantitative estimate of drug-likeness (QED) is 0.593. The summed E-state index contributed by atoms with van der Waals surface area (Å²) in [7, 11) is 1.63. The van der Waals surface area contributed by atoms with Crippen LogP contribution in [0.15, 0.2) is 24.3 Å². The molecule has 0 aromatic heterocycles. The molecule has 1 aliphatic rings. The third kappa shape index (κ3) is 1.99. The van der Waals surface area contributed by atoms with E-state index in [9.17, 15) is 4.79 Å². The second-order valence-corrected chi connectivity index (χ2v) is 4.91. The highest BCUT2D eigenvalue weighted by Gasteiger charge is 2.74. The van der Waals surface area contributed by atoms with Crippen molar-refractivity contribution in [2.45, 2.75) is 44.8 Å². The van der Waals surface area contributed by atoms with E-state index in [0.717, 1.165) is 17.7 Å². The van der Waals surface area contributed by atoms with Crippen molar-refractivity contribution in [3.05, 3.63) is 29.8 Å². The molecule has 1 aromatic rings. The molecule has 0 radical (unpaired) electrons. The van der Waals surface area contributed by atoms with Crippen molar-refractivity contribution in [3.63, 3.8) is 0 Å². The Balaban J connectivity index is 2.33.